The molecule has 0 fully saturated rings. The molecule has 20 heavy (non-hydrogen) atoms. The lowest BCUT2D eigenvalue weighted by Crippen LogP contribution is -2.13. The van der Waals surface area contributed by atoms with Gasteiger partial charge >= 0.3 is 0 Å². The molecule has 2 aromatic rings. The van der Waals surface area contributed by atoms with Gasteiger partial charge in [0.15, 0.2) is 0 Å². The molecule has 3 N–H and O–H groups in total. The second kappa shape index (κ2) is 6.87. The monoisotopic (exact) mass is 393 g/mol. The van der Waals surface area contributed by atoms with Crippen molar-refractivity contribution in [1.82, 2.24) is 4.98 Å². The Kier molecular flexibility index (Phi) is 5.40. The van der Waals surface area contributed by atoms with E-state index in [1.165, 1.54) is 11.3 Å². The van der Waals surface area contributed by atoms with E-state index in [1.807, 2.05) is 0 Å². The lowest BCUT2D eigenvalue weighted by atomic mass is 10.3. The fraction of sp³-hybridized carbons (Fsp3) is 0.167. The third kappa shape index (κ3) is 3.51. The normalized spacial score (nSPS) is 10.6. The van der Waals surface area contributed by atoms with Crippen molar-refractivity contribution < 1.29 is 4.79 Å². The van der Waals surface area contributed by atoms with Crippen LogP contribution in [-0.4, -0.2) is 17.4 Å². The second-order valence-electron chi connectivity index (χ2n) is 3.84. The molecule has 0 radical (unpaired) electrons. The molecule has 0 atom stereocenters. The molecule has 1 aromatic carbocycles. The van der Waals surface area contributed by atoms with Crippen LogP contribution in [0.15, 0.2) is 22.0 Å². The van der Waals surface area contributed by atoms with E-state index >= 15 is 0 Å². The van der Waals surface area contributed by atoms with Crippen molar-refractivity contribution >= 4 is 62.1 Å². The Morgan fingerprint density at radius 3 is 2.85 bits per heavy atom. The Labute approximate surface area is 138 Å². The molecule has 8 heteroatoms. The van der Waals surface area contributed by atoms with E-state index in [-0.39, 0.29) is 10.9 Å². The van der Waals surface area contributed by atoms with Gasteiger partial charge in [-0.2, -0.15) is 0 Å². The first-order chi connectivity index (χ1) is 9.52. The zero-order valence-corrected chi connectivity index (χ0v) is 14.0. The smallest absolute Gasteiger partial charge is 0.275 e. The fourth-order valence-electron chi connectivity index (χ4n) is 1.46. The number of aromatic nitrogens is 1. The summed E-state index contributed by atoms with van der Waals surface area (Å²) in [5, 5.41) is 5.84. The summed E-state index contributed by atoms with van der Waals surface area (Å²) in [6, 6.07) is 3.38. The molecule has 0 aliphatic heterocycles. The van der Waals surface area contributed by atoms with Crippen LogP contribution in [0.5, 0.6) is 0 Å². The zero-order chi connectivity index (χ0) is 14.7. The number of benzene rings is 1. The topological polar surface area (TPSA) is 68.0 Å². The van der Waals surface area contributed by atoms with Crippen LogP contribution in [0.1, 0.15) is 15.5 Å². The predicted octanol–water partition coefficient (Wildman–Crippen LogP) is 3.97. The third-order valence-corrected chi connectivity index (χ3v) is 5.11. The quantitative estimate of drug-likeness (QED) is 0.771. The van der Waals surface area contributed by atoms with Crippen molar-refractivity contribution in [2.45, 2.75) is 6.42 Å². The minimum absolute atomic E-state index is 0.284. The number of nitrogens with one attached hydrogen (secondary N) is 1. The third-order valence-electron chi connectivity index (χ3n) is 2.43. The van der Waals surface area contributed by atoms with Gasteiger partial charge in [-0.25, -0.2) is 4.98 Å². The first kappa shape index (κ1) is 15.7. The molecule has 0 aliphatic carbocycles. The molecule has 1 amide bonds. The van der Waals surface area contributed by atoms with Crippen LogP contribution in [0.3, 0.4) is 0 Å². The van der Waals surface area contributed by atoms with Crippen LogP contribution in [-0.2, 0) is 6.42 Å². The molecule has 0 bridgehead atoms. The molecular formula is C12H10BrCl2N3OS. The Morgan fingerprint density at radius 1 is 1.40 bits per heavy atom. The van der Waals surface area contributed by atoms with Crippen LogP contribution in [0.2, 0.25) is 10.0 Å². The molecule has 4 nitrogen and oxygen atoms in total. The first-order valence-corrected chi connectivity index (χ1v) is 8.05. The number of nitrogens with zero attached hydrogens (tertiary/aromatic N) is 1. The summed E-state index contributed by atoms with van der Waals surface area (Å²) >= 11 is 16.7. The number of thiazole rings is 1. The van der Waals surface area contributed by atoms with Crippen LogP contribution in [0.4, 0.5) is 5.69 Å². The van der Waals surface area contributed by atoms with Gasteiger partial charge in [0.05, 0.1) is 20.7 Å². The van der Waals surface area contributed by atoms with Gasteiger partial charge in [-0.1, -0.05) is 23.2 Å². The standard InChI is InChI=1S/C12H10BrCl2N3OS/c13-6-1-2-7(11(15)10(6)14)18-12(19)8-5-20-9(17-8)3-4-16/h1-2,5H,3-4,16H2,(H,18,19). The SMILES string of the molecule is NCCc1nc(C(=O)Nc2ccc(Br)c(Cl)c2Cl)cs1. The molecule has 2 rings (SSSR count). The van der Waals surface area contributed by atoms with Crippen molar-refractivity contribution in [3.63, 3.8) is 0 Å². The zero-order valence-electron chi connectivity index (χ0n) is 10.1. The number of anilines is 1. The van der Waals surface area contributed by atoms with Gasteiger partial charge in [0.25, 0.3) is 5.91 Å². The number of carbonyl (C=O) groups is 1. The molecule has 0 saturated heterocycles. The lowest BCUT2D eigenvalue weighted by molar-refractivity contribution is 0.102. The fourth-order valence-corrected chi connectivity index (χ4v) is 3.08. The van der Waals surface area contributed by atoms with Gasteiger partial charge < -0.3 is 11.1 Å². The van der Waals surface area contributed by atoms with Crippen molar-refractivity contribution in [3.05, 3.63) is 42.7 Å². The Bertz CT molecular complexity index is 648. The van der Waals surface area contributed by atoms with E-state index in [9.17, 15) is 4.79 Å². The summed E-state index contributed by atoms with van der Waals surface area (Å²) in [6.07, 6.45) is 0.656. The van der Waals surface area contributed by atoms with E-state index < -0.39 is 0 Å². The van der Waals surface area contributed by atoms with Gasteiger partial charge in [0, 0.05) is 16.3 Å². The molecule has 0 aliphatic rings. The molecule has 106 valence electrons. The van der Waals surface area contributed by atoms with Gasteiger partial charge in [0.2, 0.25) is 0 Å². The van der Waals surface area contributed by atoms with Crippen LogP contribution in [0.25, 0.3) is 0 Å². The minimum atomic E-state index is -0.329. The maximum Gasteiger partial charge on any atom is 0.275 e. The number of carbonyl (C=O) groups excluding carboxylic acids is 1. The molecule has 0 saturated carbocycles. The number of hydrogen-bond acceptors (Lipinski definition) is 4. The Balaban J connectivity index is 2.17. The van der Waals surface area contributed by atoms with Gasteiger partial charge in [-0.05, 0) is 34.6 Å². The summed E-state index contributed by atoms with van der Waals surface area (Å²) in [4.78, 5) is 16.3. The molecule has 0 unspecified atom stereocenters. The van der Waals surface area contributed by atoms with Crippen molar-refractivity contribution in [2.24, 2.45) is 5.73 Å². The highest BCUT2D eigenvalue weighted by atomic mass is 79.9. The maximum atomic E-state index is 12.1. The average molecular weight is 395 g/mol. The predicted molar refractivity (Wildman–Crippen MR) is 87.0 cm³/mol. The lowest BCUT2D eigenvalue weighted by Gasteiger charge is -2.08. The van der Waals surface area contributed by atoms with E-state index in [0.717, 1.165) is 5.01 Å². The van der Waals surface area contributed by atoms with E-state index in [2.05, 4.69) is 26.2 Å². The Hall–Kier alpha value is -0.660. The highest BCUT2D eigenvalue weighted by molar-refractivity contribution is 9.10. The Morgan fingerprint density at radius 2 is 2.15 bits per heavy atom. The van der Waals surface area contributed by atoms with Crippen LogP contribution >= 0.6 is 50.5 Å². The van der Waals surface area contributed by atoms with E-state index in [0.29, 0.717) is 33.8 Å². The van der Waals surface area contributed by atoms with Crippen molar-refractivity contribution in [1.29, 1.82) is 0 Å². The van der Waals surface area contributed by atoms with E-state index in [1.54, 1.807) is 17.5 Å². The highest BCUT2D eigenvalue weighted by Crippen LogP contribution is 2.35. The van der Waals surface area contributed by atoms with Gasteiger partial charge in [0.1, 0.15) is 5.69 Å². The summed E-state index contributed by atoms with van der Waals surface area (Å²) in [5.41, 5.74) is 6.23. The van der Waals surface area contributed by atoms with Crippen LogP contribution < -0.4 is 11.1 Å². The number of nitrogens with two attached hydrogens (primary N) is 1. The number of amides is 1. The van der Waals surface area contributed by atoms with Gasteiger partial charge in [-0.15, -0.1) is 11.3 Å². The van der Waals surface area contributed by atoms with Crippen molar-refractivity contribution in [2.75, 3.05) is 11.9 Å². The minimum Gasteiger partial charge on any atom is -0.330 e. The molecular weight excluding hydrogens is 385 g/mol. The van der Waals surface area contributed by atoms with Gasteiger partial charge in [-0.3, -0.25) is 4.79 Å². The first-order valence-electron chi connectivity index (χ1n) is 5.62. The summed E-state index contributed by atoms with van der Waals surface area (Å²) in [5.74, 6) is -0.329. The number of halogens is 3. The van der Waals surface area contributed by atoms with Crippen LogP contribution in [0, 0.1) is 0 Å². The number of hydrogen-bond donors (Lipinski definition) is 2. The molecule has 1 heterocycles. The van der Waals surface area contributed by atoms with E-state index in [4.69, 9.17) is 28.9 Å². The second-order valence-corrected chi connectivity index (χ2v) is 6.40. The molecule has 1 aromatic heterocycles. The van der Waals surface area contributed by atoms with Crippen molar-refractivity contribution in [3.8, 4) is 0 Å². The largest absolute Gasteiger partial charge is 0.330 e. The molecule has 0 spiro atoms. The highest BCUT2D eigenvalue weighted by Gasteiger charge is 2.14. The average Bonchev–Trinajstić information content (AvgIpc) is 2.88. The summed E-state index contributed by atoms with van der Waals surface area (Å²) in [6.45, 7) is 0.503. The maximum absolute atomic E-state index is 12.1. The summed E-state index contributed by atoms with van der Waals surface area (Å²) in [7, 11) is 0. The number of rotatable bonds is 4. The summed E-state index contributed by atoms with van der Waals surface area (Å²) < 4.78 is 0.668.